The average molecular weight is 1460 g/mol. The Labute approximate surface area is 583 Å². The van der Waals surface area contributed by atoms with E-state index in [1.54, 1.807) is 37.4 Å². The number of aldehydes is 4. The number of urea groups is 2. The van der Waals surface area contributed by atoms with Crippen molar-refractivity contribution in [3.05, 3.63) is 99.3 Å². The number of thiocarbonyl (C=S) groups is 1. The Morgan fingerprint density at radius 1 is 0.646 bits per heavy atom. The smallest absolute Gasteiger partial charge is 0.326 e. The van der Waals surface area contributed by atoms with Gasteiger partial charge in [0, 0.05) is 111 Å². The number of anilines is 2. The molecule has 1 fully saturated rings. The van der Waals surface area contributed by atoms with Crippen LogP contribution in [0.1, 0.15) is 108 Å². The van der Waals surface area contributed by atoms with Gasteiger partial charge < -0.3 is 87.4 Å². The largest absolute Gasteiger partial charge is 0.480 e. The van der Waals surface area contributed by atoms with Crippen LogP contribution in [0, 0.1) is 3.57 Å². The van der Waals surface area contributed by atoms with E-state index in [-0.39, 0.29) is 56.9 Å². The predicted octanol–water partition coefficient (Wildman–Crippen LogP) is 3.75. The fourth-order valence-electron chi connectivity index (χ4n) is 11.0. The first kappa shape index (κ1) is 79.0. The number of carboxylic acids is 1. The molecule has 0 aromatic heterocycles. The van der Waals surface area contributed by atoms with Gasteiger partial charge in [-0.2, -0.15) is 0 Å². The van der Waals surface area contributed by atoms with E-state index in [0.29, 0.717) is 125 Å². The summed E-state index contributed by atoms with van der Waals surface area (Å²) in [5, 5.41) is 37.9. The van der Waals surface area contributed by atoms with Gasteiger partial charge in [0.25, 0.3) is 0 Å². The number of amides is 7. The van der Waals surface area contributed by atoms with Crippen molar-refractivity contribution in [1.29, 1.82) is 0 Å². The van der Waals surface area contributed by atoms with E-state index in [1.165, 1.54) is 5.01 Å². The van der Waals surface area contributed by atoms with Crippen LogP contribution in [0.4, 0.5) is 21.0 Å². The van der Waals surface area contributed by atoms with E-state index < -0.39 is 48.0 Å². The molecule has 0 radical (unpaired) electrons. The summed E-state index contributed by atoms with van der Waals surface area (Å²) < 4.78 is 1.06. The summed E-state index contributed by atoms with van der Waals surface area (Å²) in [6.45, 7) is 14.8. The molecule has 0 bridgehead atoms. The maximum absolute atomic E-state index is 14.1. The van der Waals surface area contributed by atoms with E-state index in [0.717, 1.165) is 85.1 Å². The molecule has 5 unspecified atom stereocenters. The number of nitrogens with one attached hydrogen (secondary N) is 11. The van der Waals surface area contributed by atoms with Crippen molar-refractivity contribution in [2.24, 2.45) is 0 Å². The van der Waals surface area contributed by atoms with Crippen molar-refractivity contribution in [1.82, 2.24) is 72.8 Å². The third kappa shape index (κ3) is 30.6. The molecule has 2 aliphatic heterocycles. The van der Waals surface area contributed by atoms with Gasteiger partial charge in [0.2, 0.25) is 17.7 Å². The molecule has 5 atom stereocenters. The highest BCUT2D eigenvalue weighted by Gasteiger charge is 2.29. The highest BCUT2D eigenvalue weighted by Crippen LogP contribution is 2.23. The molecule has 0 saturated carbocycles. The summed E-state index contributed by atoms with van der Waals surface area (Å²) in [5.74, 6) is -2.63. The van der Waals surface area contributed by atoms with Crippen LogP contribution in [0.15, 0.2) is 79.0 Å². The molecule has 526 valence electrons. The van der Waals surface area contributed by atoms with Crippen molar-refractivity contribution in [3.63, 3.8) is 0 Å². The second-order valence-corrected chi connectivity index (χ2v) is 25.5. The van der Waals surface area contributed by atoms with E-state index in [4.69, 9.17) is 12.2 Å². The highest BCUT2D eigenvalue weighted by molar-refractivity contribution is 14.1. The van der Waals surface area contributed by atoms with Crippen LogP contribution in [0.5, 0.6) is 0 Å². The number of carbonyl (C=O) groups excluding carboxylic acids is 9. The molecular formula is C67H99IN16O11S. The maximum atomic E-state index is 14.1. The minimum Gasteiger partial charge on any atom is -0.480 e. The van der Waals surface area contributed by atoms with Crippen LogP contribution in [0.25, 0.3) is 5.70 Å². The van der Waals surface area contributed by atoms with Crippen LogP contribution in [-0.2, 0) is 51.2 Å². The van der Waals surface area contributed by atoms with Crippen molar-refractivity contribution < 1.29 is 53.1 Å². The molecule has 96 heavy (non-hydrogen) atoms. The van der Waals surface area contributed by atoms with Gasteiger partial charge in [0.1, 0.15) is 43.8 Å². The third-order valence-electron chi connectivity index (χ3n) is 16.6. The van der Waals surface area contributed by atoms with Crippen LogP contribution in [0.2, 0.25) is 0 Å². The molecule has 0 aliphatic carbocycles. The Kier molecular flexibility index (Phi) is 37.0. The zero-order valence-corrected chi connectivity index (χ0v) is 58.5. The molecule has 5 rings (SSSR count). The molecule has 1 saturated heterocycles. The second-order valence-electron chi connectivity index (χ2n) is 23.9. The lowest BCUT2D eigenvalue weighted by Gasteiger charge is -2.37. The molecule has 27 nitrogen and oxygen atoms in total. The van der Waals surface area contributed by atoms with Crippen LogP contribution >= 0.6 is 34.8 Å². The van der Waals surface area contributed by atoms with Gasteiger partial charge in [0.05, 0.1) is 31.2 Å². The fraction of sp³-hybridized carbons (Fsp3) is 0.537. The summed E-state index contributed by atoms with van der Waals surface area (Å²) in [4.78, 5) is 134. The number of likely N-dealkylation sites (N-methyl/N-ethyl adjacent to an activating group) is 2. The minimum absolute atomic E-state index is 0.0481. The Balaban J connectivity index is 1.15. The Morgan fingerprint density at radius 3 is 1.97 bits per heavy atom. The zero-order chi connectivity index (χ0) is 69.5. The number of halogens is 1. The normalized spacial score (nSPS) is 16.2. The number of nitrogens with zero attached hydrogens (tertiary/aromatic N) is 5. The monoisotopic (exact) mass is 1460 g/mol. The number of aliphatic carboxylic acids is 1. The lowest BCUT2D eigenvalue weighted by molar-refractivity contribution is -0.142. The van der Waals surface area contributed by atoms with Crippen LogP contribution in [-0.4, -0.2) is 224 Å². The van der Waals surface area contributed by atoms with Crippen molar-refractivity contribution in [3.8, 4) is 0 Å². The number of benzene rings is 3. The summed E-state index contributed by atoms with van der Waals surface area (Å²) in [6.07, 6.45) is 10.1. The molecular weight excluding hydrogens is 1360 g/mol. The molecule has 3 aromatic carbocycles. The molecule has 2 aliphatic rings. The van der Waals surface area contributed by atoms with Gasteiger partial charge in [-0.05, 0) is 173 Å². The quantitative estimate of drug-likeness (QED) is 0.0167. The lowest BCUT2D eigenvalue weighted by atomic mass is 10.0. The van der Waals surface area contributed by atoms with Gasteiger partial charge in [0.15, 0.2) is 5.11 Å². The number of carboxylic acid groups (broad SMARTS) is 1. The summed E-state index contributed by atoms with van der Waals surface area (Å²) in [7, 11) is 0. The highest BCUT2D eigenvalue weighted by atomic mass is 127. The average Bonchev–Trinajstić information content (AvgIpc) is 1.61. The number of hydrogen-bond donors (Lipinski definition) is 12. The number of unbranched alkanes of at least 4 members (excludes halogenated alkanes) is 3. The molecule has 3 aromatic rings. The number of hydrazine groups is 2. The van der Waals surface area contributed by atoms with Gasteiger partial charge in [-0.15, -0.1) is 5.53 Å². The van der Waals surface area contributed by atoms with E-state index in [1.807, 2.05) is 36.4 Å². The fourth-order valence-corrected chi connectivity index (χ4v) is 11.6. The first-order valence-corrected chi connectivity index (χ1v) is 34.8. The topological polar surface area (TPSA) is 339 Å². The number of carbonyl (C=O) groups is 10. The standard InChI is InChI=1S/C67H99IN16O11S/c1-4-80-31-33-81(5-2)46-57(83(38-41-87)36-35-82(34-32-80)37-40-86)42-50-22-26-54(27-23-50)76-67(96)71-30-11-7-18-58(63(91)78-59(64(92)93)19-8-10-28-69-61(89)43-51-20-24-53(68)25-21-51)77-62(90)47-84-60(45-72-79-84)52-15-12-17-55(44-52)74-65(94)70-29-9-6-16-56(48-88)75-66(95)73-49(3)14-13-39-85/h12,15,17,20-27,39-41,44-45,48-49,56-59,72,79H,4-11,13-14,16,18-19,28-38,42-43,46-47H2,1-3H3,(H,69,89)(H,77,90)(H,78,91)(H,92,93)(H2,70,74,94)(H2,71,76,96)(H2,73,75,95). The molecule has 2 heterocycles. The van der Waals surface area contributed by atoms with Gasteiger partial charge in [-0.25, -0.2) is 14.4 Å². The minimum atomic E-state index is -1.27. The second kappa shape index (κ2) is 44.9. The molecule has 7 amide bonds. The Morgan fingerprint density at radius 2 is 1.29 bits per heavy atom. The van der Waals surface area contributed by atoms with Gasteiger partial charge in [-0.3, -0.25) is 29.2 Å². The van der Waals surface area contributed by atoms with E-state index in [2.05, 4.69) is 127 Å². The molecule has 12 N–H and O–H groups in total. The van der Waals surface area contributed by atoms with Crippen LogP contribution < -0.4 is 58.8 Å². The Bertz CT molecular complexity index is 2990. The van der Waals surface area contributed by atoms with Gasteiger partial charge >= 0.3 is 18.0 Å². The predicted molar refractivity (Wildman–Crippen MR) is 382 cm³/mol. The van der Waals surface area contributed by atoms with Crippen LogP contribution in [0.3, 0.4) is 0 Å². The van der Waals surface area contributed by atoms with Gasteiger partial charge in [-0.1, -0.05) is 50.2 Å². The molecule has 0 spiro atoms. The first-order valence-electron chi connectivity index (χ1n) is 33.3. The van der Waals surface area contributed by atoms with Crippen molar-refractivity contribution in [2.75, 3.05) is 109 Å². The molecule has 29 heteroatoms. The number of hydrogen-bond acceptors (Lipinski definition) is 18. The summed E-state index contributed by atoms with van der Waals surface area (Å²) >= 11 is 7.89. The summed E-state index contributed by atoms with van der Waals surface area (Å²) in [5.41, 5.74) is 10.2. The zero-order valence-electron chi connectivity index (χ0n) is 55.6. The third-order valence-corrected chi connectivity index (χ3v) is 17.6. The summed E-state index contributed by atoms with van der Waals surface area (Å²) in [6, 6.07) is 18.3. The maximum Gasteiger partial charge on any atom is 0.326 e. The number of rotatable bonds is 40. The van der Waals surface area contributed by atoms with Crippen molar-refractivity contribution >= 4 is 118 Å². The lowest BCUT2D eigenvalue weighted by Crippen LogP contribution is -2.53. The van der Waals surface area contributed by atoms with E-state index >= 15 is 0 Å². The first-order chi connectivity index (χ1) is 46.4. The van der Waals surface area contributed by atoms with E-state index in [9.17, 15) is 53.1 Å². The Hall–Kier alpha value is -7.68. The van der Waals surface area contributed by atoms with Crippen molar-refractivity contribution in [2.45, 2.75) is 134 Å². The SMILES string of the molecule is CCN1CCN(CC=O)CCN(CC=O)C(Cc2ccc(NC(=S)NCCCCC(NC(=O)CN3NNC=C3c3cccc(NC(=O)NCCCCC(C=O)NC(=O)NC(C)CCC=O)c3)C(=O)NC(CCCCNC(=O)Cc3ccc(I)cc3)C(=O)O)cc2)CN(CC)CC1.